The fourth-order valence-electron chi connectivity index (χ4n) is 2.53. The molecule has 1 aromatic rings. The lowest BCUT2D eigenvalue weighted by molar-refractivity contribution is 0.0938. The maximum atomic E-state index is 12.1. The van der Waals surface area contributed by atoms with Crippen molar-refractivity contribution in [1.29, 1.82) is 0 Å². The first kappa shape index (κ1) is 12.9. The highest BCUT2D eigenvalue weighted by Gasteiger charge is 2.18. The zero-order chi connectivity index (χ0) is 13.0. The van der Waals surface area contributed by atoms with E-state index in [1.807, 2.05) is 25.1 Å². The van der Waals surface area contributed by atoms with Gasteiger partial charge in [-0.1, -0.05) is 12.8 Å². The number of rotatable bonds is 4. The number of anilines is 1. The summed E-state index contributed by atoms with van der Waals surface area (Å²) in [5.74, 6) is 0.0630. The molecule has 2 rings (SSSR count). The van der Waals surface area contributed by atoms with Crippen LogP contribution in [0.1, 0.15) is 48.5 Å². The molecule has 0 aromatic heterocycles. The van der Waals surface area contributed by atoms with Crippen LogP contribution in [0, 0.1) is 6.92 Å². The second-order valence-electron chi connectivity index (χ2n) is 5.01. The third-order valence-electron chi connectivity index (χ3n) is 3.55. The molecule has 0 heterocycles. The second-order valence-corrected chi connectivity index (χ2v) is 5.01. The minimum Gasteiger partial charge on any atom is -0.385 e. The van der Waals surface area contributed by atoms with Gasteiger partial charge in [0.1, 0.15) is 0 Å². The molecule has 98 valence electrons. The lowest BCUT2D eigenvalue weighted by atomic mass is 10.1. The van der Waals surface area contributed by atoms with Crippen LogP contribution >= 0.6 is 0 Å². The van der Waals surface area contributed by atoms with Gasteiger partial charge in [-0.3, -0.25) is 4.79 Å². The van der Waals surface area contributed by atoms with Gasteiger partial charge in [-0.05, 0) is 50.5 Å². The zero-order valence-electron chi connectivity index (χ0n) is 11.3. The molecule has 1 saturated carbocycles. The minimum atomic E-state index is 0.0630. The highest BCUT2D eigenvalue weighted by atomic mass is 16.1. The maximum absolute atomic E-state index is 12.1. The predicted molar refractivity (Wildman–Crippen MR) is 75.1 cm³/mol. The SMILES string of the molecule is CCNc1ccc(C(=O)NC2CCCC2)cc1C. The topological polar surface area (TPSA) is 41.1 Å². The number of nitrogens with one attached hydrogen (secondary N) is 2. The smallest absolute Gasteiger partial charge is 0.251 e. The molecule has 0 spiro atoms. The first-order valence-corrected chi connectivity index (χ1v) is 6.86. The molecule has 0 saturated heterocycles. The highest BCUT2D eigenvalue weighted by Crippen LogP contribution is 2.19. The second kappa shape index (κ2) is 5.89. The Morgan fingerprint density at radius 2 is 2.06 bits per heavy atom. The van der Waals surface area contributed by atoms with Crippen molar-refractivity contribution in [2.75, 3.05) is 11.9 Å². The highest BCUT2D eigenvalue weighted by molar-refractivity contribution is 5.95. The Morgan fingerprint density at radius 1 is 1.33 bits per heavy atom. The number of carbonyl (C=O) groups is 1. The van der Waals surface area contributed by atoms with E-state index in [2.05, 4.69) is 17.6 Å². The van der Waals surface area contributed by atoms with Crippen LogP contribution in [0.15, 0.2) is 18.2 Å². The molecule has 3 heteroatoms. The number of benzene rings is 1. The normalized spacial score (nSPS) is 15.7. The van der Waals surface area contributed by atoms with Crippen LogP contribution < -0.4 is 10.6 Å². The molecular weight excluding hydrogens is 224 g/mol. The van der Waals surface area contributed by atoms with E-state index in [1.54, 1.807) is 0 Å². The lowest BCUT2D eigenvalue weighted by Crippen LogP contribution is -2.32. The van der Waals surface area contributed by atoms with Crippen molar-refractivity contribution in [2.45, 2.75) is 45.6 Å². The van der Waals surface area contributed by atoms with Gasteiger partial charge in [-0.2, -0.15) is 0 Å². The van der Waals surface area contributed by atoms with Gasteiger partial charge in [0.2, 0.25) is 0 Å². The van der Waals surface area contributed by atoms with Crippen LogP contribution in [0.3, 0.4) is 0 Å². The van der Waals surface area contributed by atoms with Crippen LogP contribution in [0.25, 0.3) is 0 Å². The molecule has 0 radical (unpaired) electrons. The molecule has 1 aromatic carbocycles. The molecule has 2 N–H and O–H groups in total. The number of carbonyl (C=O) groups excluding carboxylic acids is 1. The predicted octanol–water partition coefficient (Wildman–Crippen LogP) is 3.10. The molecule has 18 heavy (non-hydrogen) atoms. The van der Waals surface area contributed by atoms with Gasteiger partial charge in [-0.25, -0.2) is 0 Å². The number of hydrogen-bond acceptors (Lipinski definition) is 2. The summed E-state index contributed by atoms with van der Waals surface area (Å²) in [6.45, 7) is 5.00. The van der Waals surface area contributed by atoms with Crippen molar-refractivity contribution in [3.63, 3.8) is 0 Å². The van der Waals surface area contributed by atoms with Gasteiger partial charge in [0, 0.05) is 23.8 Å². The Bertz CT molecular complexity index is 423. The lowest BCUT2D eigenvalue weighted by Gasteiger charge is -2.13. The van der Waals surface area contributed by atoms with Crippen LogP contribution in [-0.2, 0) is 0 Å². The Labute approximate surface area is 109 Å². The summed E-state index contributed by atoms with van der Waals surface area (Å²) in [6, 6.07) is 6.23. The van der Waals surface area contributed by atoms with E-state index in [4.69, 9.17) is 0 Å². The van der Waals surface area contributed by atoms with Crippen LogP contribution in [0.2, 0.25) is 0 Å². The van der Waals surface area contributed by atoms with E-state index >= 15 is 0 Å². The van der Waals surface area contributed by atoms with Gasteiger partial charge in [0.25, 0.3) is 5.91 Å². The molecular formula is C15H22N2O. The summed E-state index contributed by atoms with van der Waals surface area (Å²) in [5, 5.41) is 6.40. The molecule has 1 fully saturated rings. The van der Waals surface area contributed by atoms with E-state index in [0.29, 0.717) is 6.04 Å². The first-order chi connectivity index (χ1) is 8.70. The summed E-state index contributed by atoms with van der Waals surface area (Å²) in [4.78, 5) is 12.1. The third-order valence-corrected chi connectivity index (χ3v) is 3.55. The van der Waals surface area contributed by atoms with Crippen molar-refractivity contribution in [3.8, 4) is 0 Å². The molecule has 0 atom stereocenters. The molecule has 0 unspecified atom stereocenters. The van der Waals surface area contributed by atoms with E-state index in [0.717, 1.165) is 36.2 Å². The first-order valence-electron chi connectivity index (χ1n) is 6.86. The minimum absolute atomic E-state index is 0.0630. The Kier molecular flexibility index (Phi) is 4.24. The molecule has 1 amide bonds. The number of amides is 1. The van der Waals surface area contributed by atoms with Gasteiger partial charge in [0.05, 0.1) is 0 Å². The maximum Gasteiger partial charge on any atom is 0.251 e. The molecule has 3 nitrogen and oxygen atoms in total. The summed E-state index contributed by atoms with van der Waals surface area (Å²) in [6.07, 6.45) is 4.73. The summed E-state index contributed by atoms with van der Waals surface area (Å²) < 4.78 is 0. The van der Waals surface area contributed by atoms with Crippen molar-refractivity contribution >= 4 is 11.6 Å². The van der Waals surface area contributed by atoms with Crippen molar-refractivity contribution < 1.29 is 4.79 Å². The van der Waals surface area contributed by atoms with Crippen molar-refractivity contribution in [3.05, 3.63) is 29.3 Å². The van der Waals surface area contributed by atoms with Gasteiger partial charge < -0.3 is 10.6 Å². The van der Waals surface area contributed by atoms with Crippen LogP contribution in [0.5, 0.6) is 0 Å². The van der Waals surface area contributed by atoms with Crippen LogP contribution in [0.4, 0.5) is 5.69 Å². The number of hydrogen-bond donors (Lipinski definition) is 2. The van der Waals surface area contributed by atoms with Crippen molar-refractivity contribution in [2.24, 2.45) is 0 Å². The molecule has 1 aliphatic rings. The number of aryl methyl sites for hydroxylation is 1. The molecule has 0 bridgehead atoms. The summed E-state index contributed by atoms with van der Waals surface area (Å²) in [7, 11) is 0. The monoisotopic (exact) mass is 246 g/mol. The molecule has 1 aliphatic carbocycles. The van der Waals surface area contributed by atoms with E-state index in [9.17, 15) is 4.79 Å². The largest absolute Gasteiger partial charge is 0.385 e. The average molecular weight is 246 g/mol. The fraction of sp³-hybridized carbons (Fsp3) is 0.533. The van der Waals surface area contributed by atoms with Crippen LogP contribution in [-0.4, -0.2) is 18.5 Å². The summed E-state index contributed by atoms with van der Waals surface area (Å²) >= 11 is 0. The van der Waals surface area contributed by atoms with Gasteiger partial charge in [0.15, 0.2) is 0 Å². The third kappa shape index (κ3) is 3.03. The Morgan fingerprint density at radius 3 is 2.67 bits per heavy atom. The van der Waals surface area contributed by atoms with E-state index < -0.39 is 0 Å². The Hall–Kier alpha value is -1.51. The molecule has 0 aliphatic heterocycles. The van der Waals surface area contributed by atoms with E-state index in [1.165, 1.54) is 12.8 Å². The quantitative estimate of drug-likeness (QED) is 0.857. The standard InChI is InChI=1S/C15H22N2O/c1-3-16-14-9-8-12(10-11(14)2)15(18)17-13-6-4-5-7-13/h8-10,13,16H,3-7H2,1-2H3,(H,17,18). The van der Waals surface area contributed by atoms with Gasteiger partial charge in [-0.15, -0.1) is 0 Å². The van der Waals surface area contributed by atoms with Gasteiger partial charge >= 0.3 is 0 Å². The zero-order valence-corrected chi connectivity index (χ0v) is 11.3. The Balaban J connectivity index is 2.03. The van der Waals surface area contributed by atoms with E-state index in [-0.39, 0.29) is 5.91 Å². The summed E-state index contributed by atoms with van der Waals surface area (Å²) in [5.41, 5.74) is 2.99. The fourth-order valence-corrected chi connectivity index (χ4v) is 2.53. The van der Waals surface area contributed by atoms with Crippen molar-refractivity contribution in [1.82, 2.24) is 5.32 Å². The average Bonchev–Trinajstić information content (AvgIpc) is 2.84.